The van der Waals surface area contributed by atoms with Crippen LogP contribution in [0.1, 0.15) is 119 Å². The molecule has 0 atom stereocenters. The highest BCUT2D eigenvalue weighted by atomic mass is 27.3. The molecule has 0 saturated carbocycles. The summed E-state index contributed by atoms with van der Waals surface area (Å²) in [6.07, 6.45) is 16.3. The highest BCUT2D eigenvalue weighted by Crippen LogP contribution is 2.13. The first-order valence-electron chi connectivity index (χ1n) is 13.1. The van der Waals surface area contributed by atoms with Crippen molar-refractivity contribution in [2.45, 2.75) is 119 Å². The molecule has 0 spiro atoms. The summed E-state index contributed by atoms with van der Waals surface area (Å²) in [4.78, 5) is 9.71. The molecular formula is C26H52AlO5+. The van der Waals surface area contributed by atoms with Crippen molar-refractivity contribution in [2.24, 2.45) is 11.8 Å². The first-order chi connectivity index (χ1) is 15.3. The lowest BCUT2D eigenvalue weighted by Gasteiger charge is -2.15. The van der Waals surface area contributed by atoms with Crippen LogP contribution in [0, 0.1) is 11.8 Å². The summed E-state index contributed by atoms with van der Waals surface area (Å²) >= 11 is -2.28. The molecule has 0 aliphatic carbocycles. The number of esters is 1. The molecule has 188 valence electrons. The third-order valence-electron chi connectivity index (χ3n) is 5.26. The van der Waals surface area contributed by atoms with Crippen LogP contribution in [-0.2, 0) is 16.1 Å². The minimum absolute atomic E-state index is 0.138. The van der Waals surface area contributed by atoms with Crippen molar-refractivity contribution in [3.05, 3.63) is 11.8 Å². The van der Waals surface area contributed by atoms with E-state index in [4.69, 9.17) is 16.1 Å². The molecule has 0 rings (SSSR count). The van der Waals surface area contributed by atoms with Gasteiger partial charge < -0.3 is 20.9 Å². The monoisotopic (exact) mass is 471 g/mol. The van der Waals surface area contributed by atoms with Crippen molar-refractivity contribution in [1.29, 1.82) is 0 Å². The normalized spacial score (nSPS) is 11.9. The SMILES string of the molecule is CCOC(=[OH+])/C=C(/C)[O][Al]([O]CCCCCCCC(C)C)[O]CCCCCCCC(C)C. The number of ether oxygens (including phenoxy) is 1. The van der Waals surface area contributed by atoms with Gasteiger partial charge in [-0.25, -0.2) is 0 Å². The second-order valence-corrected chi connectivity index (χ2v) is 11.1. The van der Waals surface area contributed by atoms with Gasteiger partial charge in [-0.2, -0.15) is 0 Å². The van der Waals surface area contributed by atoms with Crippen LogP contribution in [-0.4, -0.2) is 45.7 Å². The van der Waals surface area contributed by atoms with Crippen LogP contribution < -0.4 is 0 Å². The van der Waals surface area contributed by atoms with Crippen molar-refractivity contribution in [2.75, 3.05) is 19.8 Å². The fourth-order valence-electron chi connectivity index (χ4n) is 3.39. The average Bonchev–Trinajstić information content (AvgIpc) is 2.71. The van der Waals surface area contributed by atoms with Gasteiger partial charge in [-0.3, -0.25) is 0 Å². The van der Waals surface area contributed by atoms with Crippen molar-refractivity contribution < 1.29 is 20.9 Å². The van der Waals surface area contributed by atoms with Crippen molar-refractivity contribution in [3.63, 3.8) is 0 Å². The van der Waals surface area contributed by atoms with Crippen LogP contribution in [0.2, 0.25) is 0 Å². The van der Waals surface area contributed by atoms with E-state index in [9.17, 15) is 4.79 Å². The first kappa shape index (κ1) is 31.5. The topological polar surface area (TPSA) is 58.3 Å². The number of allylic oxidation sites excluding steroid dienone is 1. The quantitative estimate of drug-likeness (QED) is 0.0411. The lowest BCUT2D eigenvalue weighted by molar-refractivity contribution is 0.113. The maximum atomic E-state index is 9.71. The smallest absolute Gasteiger partial charge is 0.602 e. The summed E-state index contributed by atoms with van der Waals surface area (Å²) in [5.74, 6) is 2.03. The molecule has 0 radical (unpaired) electrons. The third kappa shape index (κ3) is 22.6. The molecule has 0 unspecified atom stereocenters. The fraction of sp³-hybridized carbons (Fsp3) is 0.885. The van der Waals surface area contributed by atoms with Gasteiger partial charge in [-0.1, -0.05) is 91.9 Å². The van der Waals surface area contributed by atoms with Gasteiger partial charge in [0, 0.05) is 13.2 Å². The van der Waals surface area contributed by atoms with E-state index in [1.807, 2.05) is 6.92 Å². The predicted octanol–water partition coefficient (Wildman–Crippen LogP) is 7.46. The zero-order valence-electron chi connectivity index (χ0n) is 22.0. The van der Waals surface area contributed by atoms with Crippen LogP contribution in [0.25, 0.3) is 0 Å². The summed E-state index contributed by atoms with van der Waals surface area (Å²) < 4.78 is 23.0. The molecule has 0 aromatic heterocycles. The van der Waals surface area contributed by atoms with Gasteiger partial charge in [0.1, 0.15) is 6.08 Å². The summed E-state index contributed by atoms with van der Waals surface area (Å²) in [7, 11) is 0. The van der Waals surface area contributed by atoms with Crippen LogP contribution in [0.4, 0.5) is 0 Å². The minimum Gasteiger partial charge on any atom is -0.602 e. The zero-order valence-corrected chi connectivity index (χ0v) is 23.2. The lowest BCUT2D eigenvalue weighted by atomic mass is 10.0. The molecule has 5 nitrogen and oxygen atoms in total. The third-order valence-corrected chi connectivity index (χ3v) is 6.84. The van der Waals surface area contributed by atoms with Gasteiger partial charge in [0.15, 0.2) is 6.61 Å². The van der Waals surface area contributed by atoms with Gasteiger partial charge in [-0.15, -0.1) is 0 Å². The number of carbonyl (C=O) groups excluding carboxylic acids is 1. The minimum atomic E-state index is -2.28. The van der Waals surface area contributed by atoms with Gasteiger partial charge in [-0.05, 0) is 38.5 Å². The van der Waals surface area contributed by atoms with E-state index in [-0.39, 0.29) is 5.97 Å². The summed E-state index contributed by atoms with van der Waals surface area (Å²) in [6, 6.07) is 0. The second-order valence-electron chi connectivity index (χ2n) is 9.57. The second kappa shape index (κ2) is 22.3. The van der Waals surface area contributed by atoms with E-state index >= 15 is 0 Å². The van der Waals surface area contributed by atoms with Crippen molar-refractivity contribution in [3.8, 4) is 0 Å². The Balaban J connectivity index is 4.18. The first-order valence-corrected chi connectivity index (χ1v) is 14.5. The molecule has 6 heteroatoms. The van der Waals surface area contributed by atoms with Gasteiger partial charge in [0.2, 0.25) is 0 Å². The van der Waals surface area contributed by atoms with Gasteiger partial charge in [0.05, 0.1) is 5.76 Å². The molecule has 0 amide bonds. The highest BCUT2D eigenvalue weighted by Gasteiger charge is 2.35. The lowest BCUT2D eigenvalue weighted by Crippen LogP contribution is -2.28. The Morgan fingerprint density at radius 3 is 1.62 bits per heavy atom. The molecule has 0 aliphatic heterocycles. The number of hydrogen-bond donors (Lipinski definition) is 0. The van der Waals surface area contributed by atoms with E-state index < -0.39 is 15.1 Å². The summed E-state index contributed by atoms with van der Waals surface area (Å²) in [5, 5.41) is 0. The van der Waals surface area contributed by atoms with E-state index in [1.165, 1.54) is 70.3 Å². The summed E-state index contributed by atoms with van der Waals surface area (Å²) in [5.41, 5.74) is 0. The fourth-order valence-corrected chi connectivity index (χ4v) is 4.72. The molecular weight excluding hydrogens is 419 g/mol. The van der Waals surface area contributed by atoms with Crippen molar-refractivity contribution in [1.82, 2.24) is 0 Å². The number of hydrogen-bond acceptors (Lipinski definition) is 4. The zero-order chi connectivity index (χ0) is 24.0. The van der Waals surface area contributed by atoms with Crippen LogP contribution in [0.15, 0.2) is 11.8 Å². The Hall–Kier alpha value is -0.538. The Morgan fingerprint density at radius 1 is 0.750 bits per heavy atom. The number of unbranched alkanes of at least 4 members (excludes halogenated alkanes) is 8. The largest absolute Gasteiger partial charge is 1.00 e. The Bertz CT molecular complexity index is 441. The van der Waals surface area contributed by atoms with E-state index in [1.54, 1.807) is 6.92 Å². The maximum Gasteiger partial charge on any atom is 1.00 e. The molecule has 0 aromatic rings. The van der Waals surface area contributed by atoms with Gasteiger partial charge in [0.25, 0.3) is 0 Å². The molecule has 0 bridgehead atoms. The molecule has 32 heavy (non-hydrogen) atoms. The van der Waals surface area contributed by atoms with E-state index in [0.717, 1.165) is 24.7 Å². The number of rotatable bonds is 22. The average molecular weight is 472 g/mol. The molecule has 1 N–H and O–H groups in total. The Morgan fingerprint density at radius 2 is 1.19 bits per heavy atom. The molecule has 0 aliphatic rings. The summed E-state index contributed by atoms with van der Waals surface area (Å²) in [6.45, 7) is 14.5. The molecule has 0 saturated heterocycles. The van der Waals surface area contributed by atoms with Gasteiger partial charge >= 0.3 is 21.1 Å². The Kier molecular flexibility index (Phi) is 21.9. The van der Waals surface area contributed by atoms with Crippen molar-refractivity contribution >= 4 is 21.1 Å². The maximum absolute atomic E-state index is 9.71. The van der Waals surface area contributed by atoms with E-state index in [0.29, 0.717) is 25.6 Å². The molecule has 0 heterocycles. The molecule has 0 aromatic carbocycles. The Labute approximate surface area is 204 Å². The molecule has 0 fully saturated rings. The van der Waals surface area contributed by atoms with E-state index in [2.05, 4.69) is 27.7 Å². The predicted molar refractivity (Wildman–Crippen MR) is 136 cm³/mol. The van der Waals surface area contributed by atoms with Crippen LogP contribution in [0.5, 0.6) is 0 Å². The van der Waals surface area contributed by atoms with Crippen LogP contribution >= 0.6 is 0 Å². The van der Waals surface area contributed by atoms with Crippen LogP contribution in [0.3, 0.4) is 0 Å². The standard InChI is InChI=1S/2C10H21O.C6H10O3.Al/c2*1-10(2)8-6-4-3-5-7-9-11;1-3-9-6(8)4-5(2)7;/h2*10H,3-9H2,1-2H3;4,7H,3H2,1-2H3;/q2*-1;;+3/b;;5-4-;. The highest BCUT2D eigenvalue weighted by molar-refractivity contribution is 6.36.